The number of fused-ring (bicyclic) bond motifs is 4. The molecule has 5 aromatic carbocycles. The summed E-state index contributed by atoms with van der Waals surface area (Å²) in [6, 6.07) is 27.5. The Morgan fingerprint density at radius 1 is 0.385 bits per heavy atom. The van der Waals surface area contributed by atoms with Gasteiger partial charge in [-0.3, -0.25) is 0 Å². The summed E-state index contributed by atoms with van der Waals surface area (Å²) < 4.78 is 0. The fraction of sp³-hybridized carbons (Fsp3) is 0.480. The van der Waals surface area contributed by atoms with Gasteiger partial charge in [-0.25, -0.2) is 0 Å². The zero-order chi connectivity index (χ0) is 37.8. The van der Waals surface area contributed by atoms with E-state index in [0.717, 1.165) is 0 Å². The first-order valence-corrected chi connectivity index (χ1v) is 25.3. The predicted octanol–water partition coefficient (Wildman–Crippen LogP) is 15.8. The summed E-state index contributed by atoms with van der Waals surface area (Å²) >= 11 is 0. The van der Waals surface area contributed by atoms with Gasteiger partial charge in [0.15, 0.2) is 0 Å². The third-order valence-electron chi connectivity index (χ3n) is 14.2. The molecular formula is C50H66Si2. The van der Waals surface area contributed by atoms with Crippen LogP contribution < -0.4 is 0 Å². The highest BCUT2D eigenvalue weighted by atomic mass is 28.3. The monoisotopic (exact) mass is 722 g/mol. The zero-order valence-electron chi connectivity index (χ0n) is 34.6. The van der Waals surface area contributed by atoms with Gasteiger partial charge in [0.2, 0.25) is 0 Å². The van der Waals surface area contributed by atoms with Crippen LogP contribution in [-0.2, 0) is 0 Å². The Labute approximate surface area is 319 Å². The van der Waals surface area contributed by atoms with E-state index in [0.29, 0.717) is 33.2 Å². The normalized spacial score (nSPS) is 17.6. The van der Waals surface area contributed by atoms with Crippen LogP contribution in [0.15, 0.2) is 72.8 Å². The first kappa shape index (κ1) is 39.9. The number of benzene rings is 5. The quantitative estimate of drug-likeness (QED) is 0.0683. The van der Waals surface area contributed by atoms with Gasteiger partial charge in [-0.05, 0) is 101 Å². The van der Waals surface area contributed by atoms with Crippen molar-refractivity contribution in [3.05, 3.63) is 83.9 Å². The summed E-state index contributed by atoms with van der Waals surface area (Å²) in [5, 5.41) is 10.1. The third-order valence-corrected chi connectivity index (χ3v) is 27.6. The standard InChI is InChI=1S/C50H66Si2/c1-13-35(7)51(36(8)14-2,37(9)15-3)29-27-45-47-31-41-23-19-21-25-43(41)33-49(47)46(50-34-44-26-22-20-24-42(44)32-48(45)50)28-30-52(38(10)16-4,39(11)17-5)40(12)18-6/h19-26,31-40H,13-18H2,1-12H3. The molecule has 0 spiro atoms. The minimum absolute atomic E-state index is 0.633. The smallest absolute Gasteiger partial charge is 0.125 e. The molecule has 0 saturated heterocycles. The van der Waals surface area contributed by atoms with E-state index in [-0.39, 0.29) is 0 Å². The van der Waals surface area contributed by atoms with Crippen molar-refractivity contribution < 1.29 is 0 Å². The van der Waals surface area contributed by atoms with E-state index < -0.39 is 16.1 Å². The van der Waals surface area contributed by atoms with Crippen LogP contribution in [0.25, 0.3) is 43.1 Å². The molecule has 0 fully saturated rings. The van der Waals surface area contributed by atoms with Gasteiger partial charge in [0, 0.05) is 11.1 Å². The molecule has 6 atom stereocenters. The predicted molar refractivity (Wildman–Crippen MR) is 240 cm³/mol. The van der Waals surface area contributed by atoms with Crippen LogP contribution in [0, 0.1) is 22.9 Å². The lowest BCUT2D eigenvalue weighted by atomic mass is 9.89. The van der Waals surface area contributed by atoms with E-state index >= 15 is 0 Å². The van der Waals surface area contributed by atoms with E-state index in [2.05, 4.69) is 179 Å². The second-order valence-electron chi connectivity index (χ2n) is 16.5. The minimum Gasteiger partial charge on any atom is -0.125 e. The van der Waals surface area contributed by atoms with E-state index in [1.54, 1.807) is 0 Å². The second-order valence-corrected chi connectivity index (χ2v) is 26.6. The lowest BCUT2D eigenvalue weighted by Gasteiger charge is -2.42. The van der Waals surface area contributed by atoms with Gasteiger partial charge in [-0.15, -0.1) is 11.1 Å². The molecule has 0 radical (unpaired) electrons. The summed E-state index contributed by atoms with van der Waals surface area (Å²) in [5.41, 5.74) is 14.8. The SMILES string of the molecule is CCC(C)[Si](C#Cc1c2cc3ccccc3cc2c(C#C[Si](C(C)CC)(C(C)CC)C(C)CC)c2cc3ccccc3cc12)(C(C)CC)C(C)CC. The summed E-state index contributed by atoms with van der Waals surface area (Å²) in [7, 11) is -4.12. The molecule has 0 bridgehead atoms. The molecule has 0 heterocycles. The summed E-state index contributed by atoms with van der Waals surface area (Å²) in [4.78, 5) is 0. The van der Waals surface area contributed by atoms with E-state index in [9.17, 15) is 0 Å². The van der Waals surface area contributed by atoms with Crippen molar-refractivity contribution in [1.29, 1.82) is 0 Å². The number of hydrogen-bond donors (Lipinski definition) is 0. The molecule has 0 saturated carbocycles. The average molecular weight is 723 g/mol. The molecule has 0 aromatic heterocycles. The second kappa shape index (κ2) is 16.8. The van der Waals surface area contributed by atoms with E-state index in [1.807, 2.05) is 0 Å². The summed E-state index contributed by atoms with van der Waals surface area (Å²) in [5.74, 6) is 8.20. The fourth-order valence-corrected chi connectivity index (χ4v) is 21.9. The summed E-state index contributed by atoms with van der Waals surface area (Å²) in [6.45, 7) is 29.4. The van der Waals surface area contributed by atoms with Crippen LogP contribution in [0.4, 0.5) is 0 Å². The van der Waals surface area contributed by atoms with Crippen molar-refractivity contribution in [2.75, 3.05) is 0 Å². The van der Waals surface area contributed by atoms with Crippen molar-refractivity contribution in [3.8, 4) is 22.9 Å². The van der Waals surface area contributed by atoms with Crippen molar-refractivity contribution in [2.45, 2.75) is 155 Å². The maximum absolute atomic E-state index is 4.29. The van der Waals surface area contributed by atoms with Gasteiger partial charge in [0.05, 0.1) is 0 Å². The lowest BCUT2D eigenvalue weighted by Crippen LogP contribution is -2.45. The molecule has 52 heavy (non-hydrogen) atoms. The Morgan fingerprint density at radius 3 is 0.788 bits per heavy atom. The highest BCUT2D eigenvalue weighted by Gasteiger charge is 2.46. The Bertz CT molecular complexity index is 1850. The van der Waals surface area contributed by atoms with Gasteiger partial charge in [-0.2, -0.15) is 0 Å². The topological polar surface area (TPSA) is 0 Å². The maximum atomic E-state index is 4.29. The molecule has 0 N–H and O–H groups in total. The molecule has 0 aliphatic rings. The van der Waals surface area contributed by atoms with Crippen LogP contribution in [-0.4, -0.2) is 16.1 Å². The van der Waals surface area contributed by atoms with Crippen molar-refractivity contribution in [3.63, 3.8) is 0 Å². The molecule has 2 heteroatoms. The highest BCUT2D eigenvalue weighted by molar-refractivity contribution is 6.91. The fourth-order valence-electron chi connectivity index (χ4n) is 9.89. The molecule has 274 valence electrons. The lowest BCUT2D eigenvalue weighted by molar-refractivity contribution is 0.702. The molecule has 5 rings (SSSR count). The van der Waals surface area contributed by atoms with Crippen LogP contribution >= 0.6 is 0 Å². The Kier molecular flexibility index (Phi) is 12.9. The van der Waals surface area contributed by atoms with Gasteiger partial charge in [0.1, 0.15) is 16.1 Å². The largest absolute Gasteiger partial charge is 0.147 e. The maximum Gasteiger partial charge on any atom is 0.147 e. The van der Waals surface area contributed by atoms with Crippen LogP contribution in [0.2, 0.25) is 33.2 Å². The first-order chi connectivity index (χ1) is 25.0. The van der Waals surface area contributed by atoms with Gasteiger partial charge < -0.3 is 0 Å². The molecule has 0 amide bonds. The van der Waals surface area contributed by atoms with Gasteiger partial charge in [0.25, 0.3) is 0 Å². The van der Waals surface area contributed by atoms with E-state index in [1.165, 1.54) is 92.7 Å². The Hall–Kier alpha value is -3.31. The summed E-state index contributed by atoms with van der Waals surface area (Å²) in [6.07, 6.45) is 7.14. The Morgan fingerprint density at radius 2 is 0.596 bits per heavy atom. The highest BCUT2D eigenvalue weighted by Crippen LogP contribution is 2.48. The molecule has 5 aromatic rings. The van der Waals surface area contributed by atoms with E-state index in [4.69, 9.17) is 0 Å². The van der Waals surface area contributed by atoms with Gasteiger partial charge in [-0.1, -0.05) is 182 Å². The average Bonchev–Trinajstić information content (AvgIpc) is 3.18. The molecule has 0 aliphatic heterocycles. The van der Waals surface area contributed by atoms with Crippen LogP contribution in [0.1, 0.15) is 133 Å². The van der Waals surface area contributed by atoms with Crippen LogP contribution in [0.5, 0.6) is 0 Å². The first-order valence-electron chi connectivity index (χ1n) is 20.9. The number of hydrogen-bond acceptors (Lipinski definition) is 0. The molecule has 0 nitrogen and oxygen atoms in total. The van der Waals surface area contributed by atoms with Crippen LogP contribution in [0.3, 0.4) is 0 Å². The third kappa shape index (κ3) is 6.92. The molecular weight excluding hydrogens is 657 g/mol. The van der Waals surface area contributed by atoms with Crippen molar-refractivity contribution in [2.24, 2.45) is 0 Å². The van der Waals surface area contributed by atoms with Crippen molar-refractivity contribution >= 4 is 59.2 Å². The number of rotatable bonds is 12. The molecule has 6 unspecified atom stereocenters. The molecule has 0 aliphatic carbocycles. The Balaban J connectivity index is 2.02. The van der Waals surface area contributed by atoms with Gasteiger partial charge >= 0.3 is 0 Å². The van der Waals surface area contributed by atoms with Crippen molar-refractivity contribution in [1.82, 2.24) is 0 Å². The zero-order valence-corrected chi connectivity index (χ0v) is 36.6. The minimum atomic E-state index is -2.06.